The topological polar surface area (TPSA) is 18.5 Å². The van der Waals surface area contributed by atoms with Crippen molar-refractivity contribution in [3.63, 3.8) is 0 Å². The Hall–Kier alpha value is -0.580. The van der Waals surface area contributed by atoms with E-state index in [-0.39, 0.29) is 0 Å². The molecule has 0 aliphatic carbocycles. The van der Waals surface area contributed by atoms with Crippen molar-refractivity contribution < 1.29 is 0 Å². The molecule has 104 valence electrons. The van der Waals surface area contributed by atoms with E-state index in [1.54, 1.807) is 0 Å². The standard InChI is InChI=1S/C15H22BrN3/c1-12-3-4-15(14(16)9-12)19-6-2-5-18(7-8-19)13-10-17-11-13/h3-4,9,13,17H,2,5-8,10-11H2,1H3. The minimum Gasteiger partial charge on any atom is -0.369 e. The molecule has 0 spiro atoms. The lowest BCUT2D eigenvalue weighted by atomic mass is 10.1. The van der Waals surface area contributed by atoms with Crippen LogP contribution in [-0.4, -0.2) is 50.2 Å². The van der Waals surface area contributed by atoms with Crippen LogP contribution in [0.15, 0.2) is 22.7 Å². The number of halogens is 1. The molecule has 0 saturated carbocycles. The van der Waals surface area contributed by atoms with Crippen molar-refractivity contribution in [2.45, 2.75) is 19.4 Å². The van der Waals surface area contributed by atoms with Gasteiger partial charge in [-0.2, -0.15) is 0 Å². The van der Waals surface area contributed by atoms with Crippen molar-refractivity contribution in [1.82, 2.24) is 10.2 Å². The summed E-state index contributed by atoms with van der Waals surface area (Å²) >= 11 is 3.71. The molecule has 0 unspecified atom stereocenters. The summed E-state index contributed by atoms with van der Waals surface area (Å²) in [4.78, 5) is 5.17. The van der Waals surface area contributed by atoms with Crippen LogP contribution in [0, 0.1) is 6.92 Å². The molecule has 0 atom stereocenters. The summed E-state index contributed by atoms with van der Waals surface area (Å²) in [5, 5.41) is 3.37. The van der Waals surface area contributed by atoms with Gasteiger partial charge >= 0.3 is 0 Å². The van der Waals surface area contributed by atoms with Gasteiger partial charge in [-0.3, -0.25) is 4.90 Å². The first-order valence-corrected chi connectivity index (χ1v) is 7.99. The van der Waals surface area contributed by atoms with Crippen LogP contribution in [0.1, 0.15) is 12.0 Å². The third-order valence-electron chi connectivity index (χ3n) is 4.25. The van der Waals surface area contributed by atoms with Gasteiger partial charge in [0.05, 0.1) is 5.69 Å². The predicted molar refractivity (Wildman–Crippen MR) is 83.9 cm³/mol. The van der Waals surface area contributed by atoms with Gasteiger partial charge in [0, 0.05) is 49.8 Å². The normalized spacial score (nSPS) is 22.1. The molecule has 2 saturated heterocycles. The average Bonchev–Trinajstić information content (AvgIpc) is 2.53. The van der Waals surface area contributed by atoms with Gasteiger partial charge < -0.3 is 10.2 Å². The highest BCUT2D eigenvalue weighted by molar-refractivity contribution is 9.10. The van der Waals surface area contributed by atoms with E-state index in [9.17, 15) is 0 Å². The molecule has 1 N–H and O–H groups in total. The Bertz CT molecular complexity index is 445. The van der Waals surface area contributed by atoms with Crippen molar-refractivity contribution in [2.24, 2.45) is 0 Å². The third-order valence-corrected chi connectivity index (χ3v) is 4.89. The molecule has 2 heterocycles. The maximum atomic E-state index is 3.71. The summed E-state index contributed by atoms with van der Waals surface area (Å²) in [5.41, 5.74) is 2.66. The van der Waals surface area contributed by atoms with E-state index in [1.165, 1.54) is 48.3 Å². The first-order valence-electron chi connectivity index (χ1n) is 7.20. The van der Waals surface area contributed by atoms with Crippen LogP contribution in [0.3, 0.4) is 0 Å². The minimum absolute atomic E-state index is 0.779. The molecule has 3 nitrogen and oxygen atoms in total. The van der Waals surface area contributed by atoms with Gasteiger partial charge in [-0.05, 0) is 47.0 Å². The maximum absolute atomic E-state index is 3.71. The molecule has 0 radical (unpaired) electrons. The first-order chi connectivity index (χ1) is 9.24. The Morgan fingerprint density at radius 2 is 2.00 bits per heavy atom. The fourth-order valence-corrected chi connectivity index (χ4v) is 3.69. The highest BCUT2D eigenvalue weighted by atomic mass is 79.9. The van der Waals surface area contributed by atoms with Gasteiger partial charge in [-0.1, -0.05) is 6.07 Å². The Kier molecular flexibility index (Phi) is 4.10. The molecular formula is C15H22BrN3. The van der Waals surface area contributed by atoms with Crippen LogP contribution in [0.25, 0.3) is 0 Å². The number of hydrogen-bond acceptors (Lipinski definition) is 3. The Labute approximate surface area is 124 Å². The smallest absolute Gasteiger partial charge is 0.0511 e. The molecule has 2 aliphatic rings. The Balaban J connectivity index is 1.68. The van der Waals surface area contributed by atoms with E-state index < -0.39 is 0 Å². The van der Waals surface area contributed by atoms with Crippen LogP contribution >= 0.6 is 15.9 Å². The summed E-state index contributed by atoms with van der Waals surface area (Å²) in [7, 11) is 0. The number of nitrogens with one attached hydrogen (secondary N) is 1. The van der Waals surface area contributed by atoms with E-state index in [0.717, 1.165) is 19.1 Å². The molecule has 4 heteroatoms. The zero-order chi connectivity index (χ0) is 13.2. The van der Waals surface area contributed by atoms with Crippen LogP contribution < -0.4 is 10.2 Å². The quantitative estimate of drug-likeness (QED) is 0.900. The number of anilines is 1. The van der Waals surface area contributed by atoms with Crippen molar-refractivity contribution in [2.75, 3.05) is 44.2 Å². The van der Waals surface area contributed by atoms with Gasteiger partial charge in [0.2, 0.25) is 0 Å². The van der Waals surface area contributed by atoms with Crippen LogP contribution in [0.5, 0.6) is 0 Å². The fourth-order valence-electron chi connectivity index (χ4n) is 2.94. The van der Waals surface area contributed by atoms with Crippen LogP contribution in [0.2, 0.25) is 0 Å². The number of nitrogens with zero attached hydrogens (tertiary/aromatic N) is 2. The zero-order valence-electron chi connectivity index (χ0n) is 11.5. The number of benzene rings is 1. The van der Waals surface area contributed by atoms with E-state index >= 15 is 0 Å². The molecule has 0 bridgehead atoms. The fraction of sp³-hybridized carbons (Fsp3) is 0.600. The van der Waals surface area contributed by atoms with E-state index in [2.05, 4.69) is 56.2 Å². The van der Waals surface area contributed by atoms with Crippen molar-refractivity contribution >= 4 is 21.6 Å². The minimum atomic E-state index is 0.779. The second-order valence-electron chi connectivity index (χ2n) is 5.64. The lowest BCUT2D eigenvalue weighted by Crippen LogP contribution is -2.57. The molecule has 2 fully saturated rings. The lowest BCUT2D eigenvalue weighted by molar-refractivity contribution is 0.155. The molecule has 19 heavy (non-hydrogen) atoms. The largest absolute Gasteiger partial charge is 0.369 e. The van der Waals surface area contributed by atoms with Gasteiger partial charge in [-0.15, -0.1) is 0 Å². The zero-order valence-corrected chi connectivity index (χ0v) is 13.1. The van der Waals surface area contributed by atoms with E-state index in [0.29, 0.717) is 0 Å². The molecular weight excluding hydrogens is 302 g/mol. The number of aryl methyl sites for hydroxylation is 1. The lowest BCUT2D eigenvalue weighted by Gasteiger charge is -2.37. The number of rotatable bonds is 2. The van der Waals surface area contributed by atoms with E-state index in [1.807, 2.05) is 0 Å². The maximum Gasteiger partial charge on any atom is 0.0511 e. The summed E-state index contributed by atoms with van der Waals surface area (Å²) in [6, 6.07) is 7.45. The highest BCUT2D eigenvalue weighted by Gasteiger charge is 2.26. The second-order valence-corrected chi connectivity index (χ2v) is 6.50. The first kappa shape index (κ1) is 13.4. The molecule has 1 aromatic carbocycles. The third kappa shape index (κ3) is 2.96. The molecule has 2 aliphatic heterocycles. The van der Waals surface area contributed by atoms with Gasteiger partial charge in [-0.25, -0.2) is 0 Å². The summed E-state index contributed by atoms with van der Waals surface area (Å²) in [6.07, 6.45) is 1.26. The second kappa shape index (κ2) is 5.81. The summed E-state index contributed by atoms with van der Waals surface area (Å²) in [5.74, 6) is 0. The monoisotopic (exact) mass is 323 g/mol. The van der Waals surface area contributed by atoms with Gasteiger partial charge in [0.1, 0.15) is 0 Å². The number of hydrogen-bond donors (Lipinski definition) is 1. The highest BCUT2D eigenvalue weighted by Crippen LogP contribution is 2.28. The van der Waals surface area contributed by atoms with Gasteiger partial charge in [0.15, 0.2) is 0 Å². The van der Waals surface area contributed by atoms with Crippen molar-refractivity contribution in [3.05, 3.63) is 28.2 Å². The van der Waals surface area contributed by atoms with E-state index in [4.69, 9.17) is 0 Å². The molecule has 1 aromatic rings. The molecule has 0 amide bonds. The Morgan fingerprint density at radius 1 is 1.16 bits per heavy atom. The van der Waals surface area contributed by atoms with Crippen LogP contribution in [0.4, 0.5) is 5.69 Å². The van der Waals surface area contributed by atoms with Crippen LogP contribution in [-0.2, 0) is 0 Å². The van der Waals surface area contributed by atoms with Crippen molar-refractivity contribution in [3.8, 4) is 0 Å². The average molecular weight is 324 g/mol. The van der Waals surface area contributed by atoms with Gasteiger partial charge in [0.25, 0.3) is 0 Å². The van der Waals surface area contributed by atoms with Crippen molar-refractivity contribution in [1.29, 1.82) is 0 Å². The summed E-state index contributed by atoms with van der Waals surface area (Å²) in [6.45, 7) is 9.22. The molecule has 0 aromatic heterocycles. The summed E-state index contributed by atoms with van der Waals surface area (Å²) < 4.78 is 1.23. The SMILES string of the molecule is Cc1ccc(N2CCCN(C3CNC3)CC2)c(Br)c1. The Morgan fingerprint density at radius 3 is 2.68 bits per heavy atom. The predicted octanol–water partition coefficient (Wildman–Crippen LogP) is 2.24. The molecule has 3 rings (SSSR count).